The third-order valence-corrected chi connectivity index (χ3v) is 3.39. The molecule has 2 rings (SSSR count). The summed E-state index contributed by atoms with van der Waals surface area (Å²) in [7, 11) is 0. The van der Waals surface area contributed by atoms with E-state index in [1.807, 2.05) is 0 Å². The Kier molecular flexibility index (Phi) is 4.65. The number of nitrogens with one attached hydrogen (secondary N) is 1. The van der Waals surface area contributed by atoms with E-state index < -0.39 is 23.5 Å². The lowest BCUT2D eigenvalue weighted by Crippen LogP contribution is -2.30. The lowest BCUT2D eigenvalue weighted by molar-refractivity contribution is 0.519. The van der Waals surface area contributed by atoms with Crippen LogP contribution in [0.2, 0.25) is 5.02 Å². The van der Waals surface area contributed by atoms with Crippen molar-refractivity contribution in [3.8, 4) is 0 Å². The molecule has 2 aromatic carbocycles. The van der Waals surface area contributed by atoms with Crippen molar-refractivity contribution in [1.29, 1.82) is 0 Å². The zero-order valence-corrected chi connectivity index (χ0v) is 11.1. The fourth-order valence-electron chi connectivity index (χ4n) is 1.97. The molecule has 0 aliphatic rings. The van der Waals surface area contributed by atoms with Crippen molar-refractivity contribution in [1.82, 2.24) is 5.43 Å². The highest BCUT2D eigenvalue weighted by atomic mass is 35.5. The number of nitrogens with two attached hydrogens (primary N) is 1. The Hall–Kier alpha value is -1.56. The Labute approximate surface area is 119 Å². The van der Waals surface area contributed by atoms with Crippen molar-refractivity contribution in [2.75, 3.05) is 0 Å². The molecule has 0 amide bonds. The highest BCUT2D eigenvalue weighted by molar-refractivity contribution is 6.31. The van der Waals surface area contributed by atoms with Crippen LogP contribution < -0.4 is 11.3 Å². The van der Waals surface area contributed by atoms with Crippen LogP contribution in [-0.4, -0.2) is 0 Å². The molecule has 1 unspecified atom stereocenters. The largest absolute Gasteiger partial charge is 0.271 e. The predicted octanol–water partition coefficient (Wildman–Crippen LogP) is 3.50. The Morgan fingerprint density at radius 3 is 2.55 bits per heavy atom. The molecule has 0 aromatic heterocycles. The molecule has 2 nitrogen and oxygen atoms in total. The number of hydrogen-bond donors (Lipinski definition) is 2. The second kappa shape index (κ2) is 6.26. The maximum Gasteiger partial charge on any atom is 0.142 e. The Morgan fingerprint density at radius 1 is 1.10 bits per heavy atom. The summed E-state index contributed by atoms with van der Waals surface area (Å²) < 4.78 is 40.2. The molecule has 106 valence electrons. The molecule has 0 saturated heterocycles. The second-order valence-corrected chi connectivity index (χ2v) is 4.68. The van der Waals surface area contributed by atoms with Crippen LogP contribution in [0.25, 0.3) is 0 Å². The van der Waals surface area contributed by atoms with E-state index in [0.29, 0.717) is 5.56 Å². The molecular formula is C14H12ClF3N2. The van der Waals surface area contributed by atoms with Gasteiger partial charge in [-0.05, 0) is 41.8 Å². The van der Waals surface area contributed by atoms with Gasteiger partial charge in [-0.3, -0.25) is 11.3 Å². The first kappa shape index (κ1) is 14.8. The average molecular weight is 301 g/mol. The van der Waals surface area contributed by atoms with Gasteiger partial charge in [-0.25, -0.2) is 13.2 Å². The molecule has 0 aliphatic carbocycles. The molecular weight excluding hydrogens is 289 g/mol. The highest BCUT2D eigenvalue weighted by Crippen LogP contribution is 2.28. The maximum absolute atomic E-state index is 13.6. The van der Waals surface area contributed by atoms with Crippen LogP contribution in [0.15, 0.2) is 36.4 Å². The molecule has 0 heterocycles. The zero-order chi connectivity index (χ0) is 14.7. The van der Waals surface area contributed by atoms with E-state index >= 15 is 0 Å². The van der Waals surface area contributed by atoms with Crippen molar-refractivity contribution >= 4 is 11.6 Å². The van der Waals surface area contributed by atoms with E-state index in [1.54, 1.807) is 6.07 Å². The standard InChI is InChI=1S/C14H12ClF3N2/c15-14-10(2-1-3-12(14)18)13(20-19)7-8-6-9(16)4-5-11(8)17/h1-6,13,20H,7,19H2. The van der Waals surface area contributed by atoms with E-state index in [-0.39, 0.29) is 17.0 Å². The summed E-state index contributed by atoms with van der Waals surface area (Å²) in [6.45, 7) is 0. The molecule has 1 atom stereocenters. The Bertz CT molecular complexity index is 619. The van der Waals surface area contributed by atoms with Crippen molar-refractivity contribution in [3.63, 3.8) is 0 Å². The number of rotatable bonds is 4. The SMILES string of the molecule is NNC(Cc1cc(F)ccc1F)c1cccc(F)c1Cl. The monoisotopic (exact) mass is 300 g/mol. The van der Waals surface area contributed by atoms with Crippen molar-refractivity contribution in [2.45, 2.75) is 12.5 Å². The smallest absolute Gasteiger partial charge is 0.142 e. The van der Waals surface area contributed by atoms with Gasteiger partial charge < -0.3 is 0 Å². The lowest BCUT2D eigenvalue weighted by Gasteiger charge is -2.18. The third kappa shape index (κ3) is 3.12. The molecule has 0 saturated carbocycles. The molecule has 0 radical (unpaired) electrons. The Balaban J connectivity index is 2.34. The van der Waals surface area contributed by atoms with Gasteiger partial charge in [0, 0.05) is 0 Å². The minimum absolute atomic E-state index is 0.0449. The van der Waals surface area contributed by atoms with Crippen LogP contribution in [0.5, 0.6) is 0 Å². The fraction of sp³-hybridized carbons (Fsp3) is 0.143. The summed E-state index contributed by atoms with van der Waals surface area (Å²) >= 11 is 5.87. The van der Waals surface area contributed by atoms with Gasteiger partial charge in [0.2, 0.25) is 0 Å². The topological polar surface area (TPSA) is 38.0 Å². The minimum Gasteiger partial charge on any atom is -0.271 e. The van der Waals surface area contributed by atoms with Crippen molar-refractivity contribution < 1.29 is 13.2 Å². The Morgan fingerprint density at radius 2 is 1.85 bits per heavy atom. The van der Waals surface area contributed by atoms with Crippen LogP contribution in [0.1, 0.15) is 17.2 Å². The molecule has 3 N–H and O–H groups in total. The normalized spacial score (nSPS) is 12.4. The van der Waals surface area contributed by atoms with E-state index in [2.05, 4.69) is 5.43 Å². The quantitative estimate of drug-likeness (QED) is 0.670. The summed E-state index contributed by atoms with van der Waals surface area (Å²) in [6.07, 6.45) is 0.0449. The zero-order valence-electron chi connectivity index (χ0n) is 10.3. The molecule has 0 bridgehead atoms. The lowest BCUT2D eigenvalue weighted by atomic mass is 9.98. The van der Waals surface area contributed by atoms with Gasteiger partial charge in [0.15, 0.2) is 0 Å². The van der Waals surface area contributed by atoms with Crippen LogP contribution >= 0.6 is 11.6 Å². The van der Waals surface area contributed by atoms with Gasteiger partial charge in [-0.15, -0.1) is 0 Å². The van der Waals surface area contributed by atoms with Gasteiger partial charge in [-0.1, -0.05) is 23.7 Å². The van der Waals surface area contributed by atoms with E-state index in [0.717, 1.165) is 18.2 Å². The van der Waals surface area contributed by atoms with Crippen LogP contribution in [0, 0.1) is 17.5 Å². The summed E-state index contributed by atoms with van der Waals surface area (Å²) in [5, 5.41) is -0.0905. The number of hydrogen-bond acceptors (Lipinski definition) is 2. The van der Waals surface area contributed by atoms with Gasteiger partial charge in [0.05, 0.1) is 11.1 Å². The van der Waals surface area contributed by atoms with Crippen LogP contribution in [0.3, 0.4) is 0 Å². The highest BCUT2D eigenvalue weighted by Gasteiger charge is 2.18. The van der Waals surface area contributed by atoms with Gasteiger partial charge >= 0.3 is 0 Å². The van der Waals surface area contributed by atoms with Crippen LogP contribution in [-0.2, 0) is 6.42 Å². The third-order valence-electron chi connectivity index (χ3n) is 2.99. The van der Waals surface area contributed by atoms with Crippen molar-refractivity contribution in [2.24, 2.45) is 5.84 Å². The average Bonchev–Trinajstić information content (AvgIpc) is 2.43. The van der Waals surface area contributed by atoms with E-state index in [9.17, 15) is 13.2 Å². The number of halogens is 4. The predicted molar refractivity (Wildman–Crippen MR) is 71.5 cm³/mol. The van der Waals surface area contributed by atoms with Gasteiger partial charge in [0.25, 0.3) is 0 Å². The molecule has 6 heteroatoms. The first-order valence-electron chi connectivity index (χ1n) is 5.87. The fourth-order valence-corrected chi connectivity index (χ4v) is 2.23. The maximum atomic E-state index is 13.6. The van der Waals surface area contributed by atoms with Gasteiger partial charge in [0.1, 0.15) is 17.5 Å². The molecule has 0 aliphatic heterocycles. The molecule has 0 spiro atoms. The van der Waals surface area contributed by atoms with Crippen molar-refractivity contribution in [3.05, 3.63) is 70.0 Å². The molecule has 20 heavy (non-hydrogen) atoms. The number of hydrazine groups is 1. The first-order chi connectivity index (χ1) is 9.52. The van der Waals surface area contributed by atoms with E-state index in [1.165, 1.54) is 12.1 Å². The minimum atomic E-state index is -0.630. The summed E-state index contributed by atoms with van der Waals surface area (Å²) in [5.41, 5.74) is 2.96. The van der Waals surface area contributed by atoms with E-state index in [4.69, 9.17) is 17.4 Å². The molecule has 0 fully saturated rings. The van der Waals surface area contributed by atoms with Crippen LogP contribution in [0.4, 0.5) is 13.2 Å². The van der Waals surface area contributed by atoms with Gasteiger partial charge in [-0.2, -0.15) is 0 Å². The number of benzene rings is 2. The summed E-state index contributed by atoms with van der Waals surface area (Å²) in [6, 6.07) is 6.77. The first-order valence-corrected chi connectivity index (χ1v) is 6.24. The summed E-state index contributed by atoms with van der Waals surface area (Å²) in [5.74, 6) is 3.71. The second-order valence-electron chi connectivity index (χ2n) is 4.30. The molecule has 2 aromatic rings. The summed E-state index contributed by atoms with van der Waals surface area (Å²) in [4.78, 5) is 0.